The van der Waals surface area contributed by atoms with Gasteiger partial charge in [-0.05, 0) is 56.3 Å². The Hall–Kier alpha value is -2.83. The Kier molecular flexibility index (Phi) is 4.84. The Bertz CT molecular complexity index is 1150. The molecule has 6 heteroatoms. The SMILES string of the molecule is C=CCN1CC[C@]23c4c5ccc(O)c4OC2C(NC(=O)C(C)c2ccccc2)CC[C@@]3(O)[C@H]1C5. The molecule has 178 valence electrons. The van der Waals surface area contributed by atoms with Crippen LogP contribution in [0, 0.1) is 0 Å². The van der Waals surface area contributed by atoms with Crippen LogP contribution in [0.4, 0.5) is 0 Å². The van der Waals surface area contributed by atoms with E-state index in [1.807, 2.05) is 49.4 Å². The normalized spacial score (nSPS) is 34.0. The topological polar surface area (TPSA) is 82.0 Å². The van der Waals surface area contributed by atoms with Crippen LogP contribution in [-0.2, 0) is 16.6 Å². The van der Waals surface area contributed by atoms with Crippen molar-refractivity contribution in [2.45, 2.75) is 67.7 Å². The van der Waals surface area contributed by atoms with E-state index < -0.39 is 17.1 Å². The number of phenols is 1. The maximum absolute atomic E-state index is 13.3. The molecule has 3 N–H and O–H groups in total. The average Bonchev–Trinajstić information content (AvgIpc) is 3.20. The Morgan fingerprint density at radius 1 is 1.29 bits per heavy atom. The molecule has 2 aromatic rings. The summed E-state index contributed by atoms with van der Waals surface area (Å²) in [4.78, 5) is 15.6. The van der Waals surface area contributed by atoms with Crippen molar-refractivity contribution in [3.05, 3.63) is 71.8 Å². The number of phenolic OH excluding ortho intramolecular Hbond substituents is 1. The molecule has 1 spiro atoms. The van der Waals surface area contributed by atoms with Gasteiger partial charge in [-0.2, -0.15) is 0 Å². The summed E-state index contributed by atoms with van der Waals surface area (Å²) in [6, 6.07) is 13.2. The molecule has 2 bridgehead atoms. The van der Waals surface area contributed by atoms with Gasteiger partial charge in [0.2, 0.25) is 5.91 Å². The summed E-state index contributed by atoms with van der Waals surface area (Å²) in [6.45, 7) is 7.38. The van der Waals surface area contributed by atoms with Crippen LogP contribution >= 0.6 is 0 Å². The van der Waals surface area contributed by atoms with Crippen molar-refractivity contribution in [2.75, 3.05) is 13.1 Å². The summed E-state index contributed by atoms with van der Waals surface area (Å²) in [6.07, 6.45) is 4.10. The number of piperidine rings is 1. The number of benzene rings is 2. The summed E-state index contributed by atoms with van der Waals surface area (Å²) in [5, 5.41) is 26.4. The van der Waals surface area contributed by atoms with Gasteiger partial charge in [-0.25, -0.2) is 0 Å². The molecule has 0 radical (unpaired) electrons. The highest BCUT2D eigenvalue weighted by atomic mass is 16.5. The molecule has 2 aromatic carbocycles. The summed E-state index contributed by atoms with van der Waals surface area (Å²) >= 11 is 0. The van der Waals surface area contributed by atoms with E-state index in [2.05, 4.69) is 16.8 Å². The molecule has 0 aromatic heterocycles. The minimum Gasteiger partial charge on any atom is -0.504 e. The number of aromatic hydroxyl groups is 1. The van der Waals surface area contributed by atoms with Crippen LogP contribution in [0.25, 0.3) is 0 Å². The van der Waals surface area contributed by atoms with Crippen LogP contribution in [0.3, 0.4) is 0 Å². The first kappa shape index (κ1) is 21.7. The van der Waals surface area contributed by atoms with Crippen molar-refractivity contribution in [1.29, 1.82) is 0 Å². The van der Waals surface area contributed by atoms with Crippen LogP contribution in [0.5, 0.6) is 11.5 Å². The van der Waals surface area contributed by atoms with Gasteiger partial charge >= 0.3 is 0 Å². The maximum atomic E-state index is 13.3. The summed E-state index contributed by atoms with van der Waals surface area (Å²) in [5.41, 5.74) is 1.42. The van der Waals surface area contributed by atoms with Crippen molar-refractivity contribution >= 4 is 5.91 Å². The number of hydrogen-bond donors (Lipinski definition) is 3. The highest BCUT2D eigenvalue weighted by molar-refractivity contribution is 5.83. The van der Waals surface area contributed by atoms with Gasteiger partial charge < -0.3 is 20.3 Å². The molecule has 2 aliphatic carbocycles. The largest absolute Gasteiger partial charge is 0.504 e. The van der Waals surface area contributed by atoms with E-state index in [9.17, 15) is 15.0 Å². The standard InChI is InChI=1S/C28H32N2O4/c1-3-14-30-15-13-27-23-19-9-10-21(31)24(23)34-25(27)20(11-12-28(27,33)22(30)16-19)29-26(32)17(2)18-7-5-4-6-8-18/h3-10,17,20,22,25,31,33H,1,11-16H2,2H3,(H,29,32)/t17?,20?,22-,25?,27+,28-/m1/s1. The molecule has 2 heterocycles. The monoisotopic (exact) mass is 460 g/mol. The van der Waals surface area contributed by atoms with Gasteiger partial charge in [0.25, 0.3) is 0 Å². The fraction of sp³-hybridized carbons (Fsp3) is 0.464. The summed E-state index contributed by atoms with van der Waals surface area (Å²) in [7, 11) is 0. The number of rotatable bonds is 5. The van der Waals surface area contributed by atoms with E-state index >= 15 is 0 Å². The molecular weight excluding hydrogens is 428 g/mol. The fourth-order valence-electron chi connectivity index (χ4n) is 7.36. The molecule has 4 aliphatic rings. The molecule has 1 saturated heterocycles. The van der Waals surface area contributed by atoms with Gasteiger partial charge in [0.15, 0.2) is 11.5 Å². The van der Waals surface area contributed by atoms with Gasteiger partial charge in [0, 0.05) is 18.2 Å². The van der Waals surface area contributed by atoms with Gasteiger partial charge in [-0.15, -0.1) is 6.58 Å². The molecule has 6 atom stereocenters. The molecule has 2 aliphatic heterocycles. The van der Waals surface area contributed by atoms with Crippen molar-refractivity contribution in [3.8, 4) is 11.5 Å². The van der Waals surface area contributed by atoms with Gasteiger partial charge in [0.1, 0.15) is 6.10 Å². The minimum atomic E-state index is -0.989. The van der Waals surface area contributed by atoms with Crippen molar-refractivity contribution in [2.24, 2.45) is 0 Å². The predicted octanol–water partition coefficient (Wildman–Crippen LogP) is 3.02. The Morgan fingerprint density at radius 2 is 2.09 bits per heavy atom. The molecule has 6 rings (SSSR count). The molecule has 3 unspecified atom stereocenters. The first-order chi connectivity index (χ1) is 16.4. The van der Waals surface area contributed by atoms with E-state index in [0.29, 0.717) is 31.4 Å². The quantitative estimate of drug-likeness (QED) is 0.598. The molecule has 1 saturated carbocycles. The van der Waals surface area contributed by atoms with E-state index in [0.717, 1.165) is 29.8 Å². The second-order valence-electron chi connectivity index (χ2n) is 10.4. The van der Waals surface area contributed by atoms with Crippen molar-refractivity contribution in [3.63, 3.8) is 0 Å². The third-order valence-corrected chi connectivity index (χ3v) is 8.96. The maximum Gasteiger partial charge on any atom is 0.227 e. The predicted molar refractivity (Wildman–Crippen MR) is 129 cm³/mol. The van der Waals surface area contributed by atoms with Crippen LogP contribution in [0.15, 0.2) is 55.1 Å². The number of aliphatic hydroxyl groups is 1. The highest BCUT2D eigenvalue weighted by Gasteiger charge is 2.73. The highest BCUT2D eigenvalue weighted by Crippen LogP contribution is 2.65. The van der Waals surface area contributed by atoms with Crippen LogP contribution in [0.2, 0.25) is 0 Å². The number of carbonyl (C=O) groups excluding carboxylic acids is 1. The number of nitrogens with one attached hydrogen (secondary N) is 1. The second-order valence-corrected chi connectivity index (χ2v) is 10.4. The lowest BCUT2D eigenvalue weighted by Crippen LogP contribution is -2.78. The van der Waals surface area contributed by atoms with Gasteiger partial charge in [-0.1, -0.05) is 42.5 Å². The van der Waals surface area contributed by atoms with E-state index in [1.54, 1.807) is 6.07 Å². The number of carbonyl (C=O) groups is 1. The van der Waals surface area contributed by atoms with Crippen molar-refractivity contribution in [1.82, 2.24) is 10.2 Å². The number of amides is 1. The Morgan fingerprint density at radius 3 is 2.85 bits per heavy atom. The third-order valence-electron chi connectivity index (χ3n) is 8.96. The zero-order valence-corrected chi connectivity index (χ0v) is 19.5. The molecule has 34 heavy (non-hydrogen) atoms. The molecule has 6 nitrogen and oxygen atoms in total. The smallest absolute Gasteiger partial charge is 0.227 e. The zero-order valence-electron chi connectivity index (χ0n) is 19.5. The van der Waals surface area contributed by atoms with Gasteiger partial charge in [-0.3, -0.25) is 9.69 Å². The summed E-state index contributed by atoms with van der Waals surface area (Å²) < 4.78 is 6.51. The van der Waals surface area contributed by atoms with Gasteiger partial charge in [0.05, 0.1) is 23.0 Å². The van der Waals surface area contributed by atoms with E-state index in [-0.39, 0.29) is 29.7 Å². The summed E-state index contributed by atoms with van der Waals surface area (Å²) in [5.74, 6) is 0.271. The second kappa shape index (κ2) is 7.59. The van der Waals surface area contributed by atoms with E-state index in [4.69, 9.17) is 4.74 Å². The average molecular weight is 461 g/mol. The van der Waals surface area contributed by atoms with Crippen LogP contribution in [0.1, 0.15) is 48.8 Å². The lowest BCUT2D eigenvalue weighted by molar-refractivity contribution is -0.190. The molecule has 2 fully saturated rings. The lowest BCUT2D eigenvalue weighted by atomic mass is 9.48. The fourth-order valence-corrected chi connectivity index (χ4v) is 7.36. The molecular formula is C28H32N2O4. The number of hydrogen-bond acceptors (Lipinski definition) is 5. The van der Waals surface area contributed by atoms with E-state index in [1.165, 1.54) is 0 Å². The molecule has 1 amide bonds. The Balaban J connectivity index is 1.39. The minimum absolute atomic E-state index is 0.0431. The van der Waals surface area contributed by atoms with Crippen molar-refractivity contribution < 1.29 is 19.7 Å². The first-order valence-electron chi connectivity index (χ1n) is 12.4. The zero-order chi connectivity index (χ0) is 23.7. The number of nitrogens with zero attached hydrogens (tertiary/aromatic N) is 1. The number of ether oxygens (including phenoxy) is 1. The van der Waals surface area contributed by atoms with Crippen LogP contribution in [-0.4, -0.2) is 57.9 Å². The number of likely N-dealkylation sites (tertiary alicyclic amines) is 1. The first-order valence-corrected chi connectivity index (χ1v) is 12.4. The lowest BCUT2D eigenvalue weighted by Gasteiger charge is -2.64. The third kappa shape index (κ3) is 2.72. The Labute approximate surface area is 200 Å². The van der Waals surface area contributed by atoms with Crippen LogP contribution < -0.4 is 10.1 Å².